The summed E-state index contributed by atoms with van der Waals surface area (Å²) in [5.41, 5.74) is 4.25. The van der Waals surface area contributed by atoms with E-state index in [9.17, 15) is 13.2 Å². The zero-order chi connectivity index (χ0) is 29.1. The van der Waals surface area contributed by atoms with Crippen molar-refractivity contribution in [3.63, 3.8) is 0 Å². The van der Waals surface area contributed by atoms with Gasteiger partial charge in [-0.1, -0.05) is 36.0 Å². The van der Waals surface area contributed by atoms with Crippen LogP contribution in [-0.4, -0.2) is 59.5 Å². The maximum absolute atomic E-state index is 13.5. The minimum atomic E-state index is -4.44. The highest BCUT2D eigenvalue weighted by molar-refractivity contribution is 7.99. The molecule has 0 radical (unpaired) electrons. The average Bonchev–Trinajstić information content (AvgIpc) is 3.39. The van der Waals surface area contributed by atoms with Crippen LogP contribution in [-0.2, 0) is 17.5 Å². The first-order valence-corrected chi connectivity index (χ1v) is 15.2. The van der Waals surface area contributed by atoms with Gasteiger partial charge in [-0.3, -0.25) is 5.10 Å². The van der Waals surface area contributed by atoms with Gasteiger partial charge in [0.15, 0.2) is 5.82 Å². The number of alkyl halides is 3. The Labute approximate surface area is 247 Å². The predicted octanol–water partition coefficient (Wildman–Crippen LogP) is 7.14. The van der Waals surface area contributed by atoms with Crippen molar-refractivity contribution in [1.29, 1.82) is 0 Å². The number of anilines is 2. The molecular formula is C31H35F3N6OS. The van der Waals surface area contributed by atoms with E-state index in [1.54, 1.807) is 18.2 Å². The van der Waals surface area contributed by atoms with E-state index in [0.29, 0.717) is 40.4 Å². The minimum Gasteiger partial charge on any atom is -0.382 e. The first-order chi connectivity index (χ1) is 20.3. The van der Waals surface area contributed by atoms with Gasteiger partial charge in [-0.15, -0.1) is 0 Å². The van der Waals surface area contributed by atoms with Crippen LogP contribution >= 0.6 is 11.8 Å². The molecule has 4 aromatic rings. The quantitative estimate of drug-likeness (QED) is 0.200. The number of hydrogen-bond donors (Lipinski definition) is 3. The number of ether oxygens (including phenoxy) is 1. The molecule has 2 aromatic heterocycles. The molecule has 2 aromatic carbocycles. The summed E-state index contributed by atoms with van der Waals surface area (Å²) in [5.74, 6) is 1.12. The van der Waals surface area contributed by atoms with Gasteiger partial charge in [-0.05, 0) is 93.2 Å². The molecule has 6 rings (SSSR count). The minimum absolute atomic E-state index is 0.114. The Balaban J connectivity index is 1.22. The van der Waals surface area contributed by atoms with Crippen LogP contribution in [0, 0.1) is 0 Å². The smallest absolute Gasteiger partial charge is 0.382 e. The molecular weight excluding hydrogens is 561 g/mol. The van der Waals surface area contributed by atoms with E-state index in [0.717, 1.165) is 81.1 Å². The van der Waals surface area contributed by atoms with E-state index in [-0.39, 0.29) is 4.90 Å². The van der Waals surface area contributed by atoms with Gasteiger partial charge in [0.25, 0.3) is 0 Å². The molecule has 0 atom stereocenters. The van der Waals surface area contributed by atoms with Crippen molar-refractivity contribution in [2.24, 2.45) is 0 Å². The molecule has 4 heterocycles. The number of halogens is 3. The fraction of sp³-hybridized carbons (Fsp3) is 0.419. The molecule has 2 fully saturated rings. The molecule has 0 saturated carbocycles. The van der Waals surface area contributed by atoms with Gasteiger partial charge >= 0.3 is 6.18 Å². The maximum Gasteiger partial charge on any atom is 0.417 e. The van der Waals surface area contributed by atoms with Crippen molar-refractivity contribution in [2.45, 2.75) is 60.3 Å². The molecule has 0 spiro atoms. The number of pyridine rings is 1. The highest BCUT2D eigenvalue weighted by Crippen LogP contribution is 2.39. The Morgan fingerprint density at radius 1 is 1.02 bits per heavy atom. The summed E-state index contributed by atoms with van der Waals surface area (Å²) >= 11 is 0.996. The number of fused-ring (bicyclic) bond motifs is 1. The number of rotatable bonds is 8. The molecule has 0 unspecified atom stereocenters. The van der Waals surface area contributed by atoms with Crippen molar-refractivity contribution < 1.29 is 17.9 Å². The van der Waals surface area contributed by atoms with Crippen LogP contribution < -0.4 is 10.6 Å². The van der Waals surface area contributed by atoms with Gasteiger partial charge in [0.2, 0.25) is 0 Å². The standard InChI is InChI=1S/C31H35F3N6OS/c1-40-14-10-20(11-15-40)21-6-7-22(26(18-21)36-23-12-16-41-17-13-23)19-35-30-29-25(38-39-30)8-9-28(37-29)42-27-5-3-2-4-24(27)31(32,33)34/h2-9,18,20,23,36H,10-17,19H2,1H3,(H2,35,38,39). The SMILES string of the molecule is CN1CCC(c2ccc(CNc3n[nH]c4ccc(Sc5ccccc5C(F)(F)F)nc34)c(NC3CCOCC3)c2)CC1. The number of benzene rings is 2. The lowest BCUT2D eigenvalue weighted by molar-refractivity contribution is -0.139. The Morgan fingerprint density at radius 3 is 2.60 bits per heavy atom. The van der Waals surface area contributed by atoms with E-state index in [1.807, 2.05) is 0 Å². The van der Waals surface area contributed by atoms with Crippen molar-refractivity contribution in [3.8, 4) is 0 Å². The molecule has 0 amide bonds. The highest BCUT2D eigenvalue weighted by Gasteiger charge is 2.33. The monoisotopic (exact) mass is 596 g/mol. The number of hydrogen-bond acceptors (Lipinski definition) is 7. The number of aromatic amines is 1. The second kappa shape index (κ2) is 12.5. The van der Waals surface area contributed by atoms with Gasteiger partial charge in [0, 0.05) is 36.4 Å². The average molecular weight is 597 g/mol. The van der Waals surface area contributed by atoms with Crippen LogP contribution in [0.5, 0.6) is 0 Å². The second-order valence-electron chi connectivity index (χ2n) is 11.1. The van der Waals surface area contributed by atoms with E-state index in [1.165, 1.54) is 17.7 Å². The number of H-pyrrole nitrogens is 1. The number of nitrogens with zero attached hydrogens (tertiary/aromatic N) is 3. The summed E-state index contributed by atoms with van der Waals surface area (Å²) in [6.07, 6.45) is -0.184. The van der Waals surface area contributed by atoms with Crippen LogP contribution in [0.1, 0.15) is 48.3 Å². The summed E-state index contributed by atoms with van der Waals surface area (Å²) in [5, 5.41) is 15.1. The Bertz CT molecular complexity index is 1510. The first-order valence-electron chi connectivity index (χ1n) is 14.4. The zero-order valence-electron chi connectivity index (χ0n) is 23.5. The molecule has 11 heteroatoms. The van der Waals surface area contributed by atoms with Crippen molar-refractivity contribution >= 4 is 34.3 Å². The van der Waals surface area contributed by atoms with Gasteiger partial charge in [-0.2, -0.15) is 18.3 Å². The van der Waals surface area contributed by atoms with Crippen LogP contribution in [0.4, 0.5) is 24.7 Å². The summed E-state index contributed by atoms with van der Waals surface area (Å²) in [4.78, 5) is 7.17. The van der Waals surface area contributed by atoms with Gasteiger partial charge in [-0.25, -0.2) is 4.98 Å². The maximum atomic E-state index is 13.5. The van der Waals surface area contributed by atoms with Crippen LogP contribution in [0.25, 0.3) is 11.0 Å². The molecule has 0 bridgehead atoms. The van der Waals surface area contributed by atoms with Crippen molar-refractivity contribution in [1.82, 2.24) is 20.1 Å². The summed E-state index contributed by atoms with van der Waals surface area (Å²) in [6, 6.07) is 16.2. The van der Waals surface area contributed by atoms with E-state index >= 15 is 0 Å². The lowest BCUT2D eigenvalue weighted by Crippen LogP contribution is -2.30. The second-order valence-corrected chi connectivity index (χ2v) is 12.2. The van der Waals surface area contributed by atoms with Gasteiger partial charge in [0.05, 0.1) is 11.1 Å². The molecule has 2 aliphatic rings. The number of piperidine rings is 1. The largest absolute Gasteiger partial charge is 0.417 e. The third kappa shape index (κ3) is 6.68. The topological polar surface area (TPSA) is 78.1 Å². The highest BCUT2D eigenvalue weighted by atomic mass is 32.2. The van der Waals surface area contributed by atoms with Crippen molar-refractivity contribution in [3.05, 3.63) is 71.3 Å². The van der Waals surface area contributed by atoms with Crippen LogP contribution in [0.3, 0.4) is 0 Å². The fourth-order valence-corrected chi connectivity index (χ4v) is 6.62. The van der Waals surface area contributed by atoms with Crippen molar-refractivity contribution in [2.75, 3.05) is 44.0 Å². The number of likely N-dealkylation sites (tertiary alicyclic amines) is 1. The van der Waals surface area contributed by atoms with Gasteiger partial charge < -0.3 is 20.3 Å². The molecule has 7 nitrogen and oxygen atoms in total. The van der Waals surface area contributed by atoms with E-state index in [4.69, 9.17) is 4.74 Å². The summed E-state index contributed by atoms with van der Waals surface area (Å²) in [7, 11) is 2.18. The number of nitrogens with one attached hydrogen (secondary N) is 3. The molecule has 222 valence electrons. The van der Waals surface area contributed by atoms with E-state index in [2.05, 4.69) is 56.0 Å². The Morgan fingerprint density at radius 2 is 1.81 bits per heavy atom. The van der Waals surface area contributed by atoms with Crippen LogP contribution in [0.15, 0.2) is 64.5 Å². The zero-order valence-corrected chi connectivity index (χ0v) is 24.3. The summed E-state index contributed by atoms with van der Waals surface area (Å²) < 4.78 is 46.2. The number of aromatic nitrogens is 3. The molecule has 3 N–H and O–H groups in total. The van der Waals surface area contributed by atoms with Gasteiger partial charge in [0.1, 0.15) is 10.5 Å². The Kier molecular flexibility index (Phi) is 8.60. The lowest BCUT2D eigenvalue weighted by atomic mass is 9.88. The summed E-state index contributed by atoms with van der Waals surface area (Å²) in [6.45, 7) is 4.27. The molecule has 2 aliphatic heterocycles. The first kappa shape index (κ1) is 28.8. The third-order valence-electron chi connectivity index (χ3n) is 8.14. The predicted molar refractivity (Wildman–Crippen MR) is 160 cm³/mol. The Hall–Kier alpha value is -3.28. The fourth-order valence-electron chi connectivity index (χ4n) is 5.68. The van der Waals surface area contributed by atoms with E-state index < -0.39 is 11.7 Å². The molecule has 42 heavy (non-hydrogen) atoms. The normalized spacial score (nSPS) is 17.5. The third-order valence-corrected chi connectivity index (χ3v) is 9.15. The molecule has 2 saturated heterocycles. The molecule has 0 aliphatic carbocycles. The van der Waals surface area contributed by atoms with Crippen LogP contribution in [0.2, 0.25) is 0 Å². The lowest BCUT2D eigenvalue weighted by Gasteiger charge is -2.30.